The molecule has 1 aliphatic heterocycles. The van der Waals surface area contributed by atoms with Crippen LogP contribution in [0.1, 0.15) is 24.8 Å². The molecule has 1 fully saturated rings. The normalized spacial score (nSPS) is 15.2. The number of urea groups is 1. The number of ether oxygens (including phenoxy) is 1. The molecule has 0 atom stereocenters. The summed E-state index contributed by atoms with van der Waals surface area (Å²) in [5.74, 6) is 0.183. The fourth-order valence-electron chi connectivity index (χ4n) is 5.18. The number of nitrogens with zero attached hydrogens (tertiary/aromatic N) is 4. The number of fused-ring (bicyclic) bond motifs is 1. The Labute approximate surface area is 265 Å². The topological polar surface area (TPSA) is 112 Å². The second-order valence-electron chi connectivity index (χ2n) is 11.6. The summed E-state index contributed by atoms with van der Waals surface area (Å²) in [6.45, 7) is 4.07. The van der Waals surface area contributed by atoms with E-state index in [1.54, 1.807) is 18.3 Å². The SMILES string of the molecule is CN(C)CCNC(=O)C1CCN(Cc2ccc(-c3cc4nccc(Oc5ccc(NC(=O)NC6=CC6)cc5F)c4s3)nc2)CC1. The first kappa shape index (κ1) is 30.6. The summed E-state index contributed by atoms with van der Waals surface area (Å²) in [4.78, 5) is 39.0. The van der Waals surface area contributed by atoms with Crippen molar-refractivity contribution in [2.45, 2.75) is 25.8 Å². The Hall–Kier alpha value is -4.39. The zero-order valence-electron chi connectivity index (χ0n) is 25.3. The molecule has 12 heteroatoms. The van der Waals surface area contributed by atoms with E-state index >= 15 is 0 Å². The molecule has 0 saturated carbocycles. The Morgan fingerprint density at radius 3 is 2.60 bits per heavy atom. The number of anilines is 1. The predicted octanol–water partition coefficient (Wildman–Crippen LogP) is 5.59. The summed E-state index contributed by atoms with van der Waals surface area (Å²) >= 11 is 1.48. The van der Waals surface area contributed by atoms with Gasteiger partial charge in [0.25, 0.3) is 0 Å². The van der Waals surface area contributed by atoms with Crippen molar-refractivity contribution in [1.29, 1.82) is 0 Å². The molecule has 6 rings (SSSR count). The zero-order valence-corrected chi connectivity index (χ0v) is 26.1. The number of allylic oxidation sites excluding steroid dienone is 2. The largest absolute Gasteiger partial charge is 0.453 e. The Morgan fingerprint density at radius 2 is 1.89 bits per heavy atom. The number of pyridine rings is 2. The highest BCUT2D eigenvalue weighted by molar-refractivity contribution is 7.22. The minimum atomic E-state index is -0.593. The molecule has 2 aliphatic rings. The van der Waals surface area contributed by atoms with Crippen LogP contribution < -0.4 is 20.7 Å². The first-order valence-corrected chi connectivity index (χ1v) is 15.9. The van der Waals surface area contributed by atoms with Crippen molar-refractivity contribution in [3.05, 3.63) is 78.0 Å². The van der Waals surface area contributed by atoms with Crippen LogP contribution in [-0.4, -0.2) is 72.0 Å². The Morgan fingerprint density at radius 1 is 1.07 bits per heavy atom. The maximum absolute atomic E-state index is 14.9. The van der Waals surface area contributed by atoms with Gasteiger partial charge in [0.1, 0.15) is 5.75 Å². The van der Waals surface area contributed by atoms with Crippen molar-refractivity contribution < 1.29 is 18.7 Å². The van der Waals surface area contributed by atoms with Crippen LogP contribution in [0.15, 0.2) is 66.6 Å². The quantitative estimate of drug-likeness (QED) is 0.198. The Balaban J connectivity index is 1.05. The third-order valence-electron chi connectivity index (χ3n) is 7.77. The van der Waals surface area contributed by atoms with Gasteiger partial charge >= 0.3 is 6.03 Å². The molecule has 0 radical (unpaired) electrons. The van der Waals surface area contributed by atoms with E-state index in [4.69, 9.17) is 9.72 Å². The van der Waals surface area contributed by atoms with Crippen LogP contribution in [0.2, 0.25) is 0 Å². The number of nitrogens with one attached hydrogen (secondary N) is 3. The molecule has 0 spiro atoms. The van der Waals surface area contributed by atoms with Gasteiger partial charge in [-0.3, -0.25) is 19.7 Å². The van der Waals surface area contributed by atoms with Gasteiger partial charge in [-0.1, -0.05) is 12.1 Å². The van der Waals surface area contributed by atoms with Gasteiger partial charge in [0.2, 0.25) is 5.91 Å². The van der Waals surface area contributed by atoms with Crippen molar-refractivity contribution in [3.63, 3.8) is 0 Å². The van der Waals surface area contributed by atoms with Crippen molar-refractivity contribution in [2.24, 2.45) is 5.92 Å². The molecular formula is C33H36FN7O3S. The van der Waals surface area contributed by atoms with E-state index < -0.39 is 11.8 Å². The number of benzene rings is 1. The van der Waals surface area contributed by atoms with Gasteiger partial charge in [0.15, 0.2) is 11.6 Å². The number of piperidine rings is 1. The molecular weight excluding hydrogens is 593 g/mol. The maximum atomic E-state index is 14.9. The van der Waals surface area contributed by atoms with E-state index in [1.807, 2.05) is 38.5 Å². The van der Waals surface area contributed by atoms with E-state index in [-0.39, 0.29) is 17.6 Å². The molecule has 4 aromatic rings. The number of likely N-dealkylation sites (N-methyl/N-ethyl adjacent to an activating group) is 1. The molecule has 1 aromatic carbocycles. The first-order chi connectivity index (χ1) is 21.8. The van der Waals surface area contributed by atoms with Crippen molar-refractivity contribution >= 4 is 39.2 Å². The van der Waals surface area contributed by atoms with Crippen LogP contribution in [0.5, 0.6) is 11.5 Å². The highest BCUT2D eigenvalue weighted by atomic mass is 32.1. The fraction of sp³-hybridized carbons (Fsp3) is 0.333. The number of aromatic nitrogens is 2. The van der Waals surface area contributed by atoms with Gasteiger partial charge in [-0.05, 0) is 69.9 Å². The fourth-order valence-corrected chi connectivity index (χ4v) is 6.23. The summed E-state index contributed by atoms with van der Waals surface area (Å²) < 4.78 is 21.7. The lowest BCUT2D eigenvalue weighted by Gasteiger charge is -2.31. The molecule has 1 aliphatic carbocycles. The Bertz CT molecular complexity index is 1720. The minimum Gasteiger partial charge on any atom is -0.453 e. The minimum absolute atomic E-state index is 0.0461. The smallest absolute Gasteiger partial charge is 0.323 e. The first-order valence-electron chi connectivity index (χ1n) is 15.0. The molecule has 0 bridgehead atoms. The van der Waals surface area contributed by atoms with E-state index in [1.165, 1.54) is 23.5 Å². The van der Waals surface area contributed by atoms with Crippen molar-refractivity contribution in [2.75, 3.05) is 45.6 Å². The Kier molecular flexibility index (Phi) is 9.34. The number of rotatable bonds is 11. The third kappa shape index (κ3) is 8.01. The summed E-state index contributed by atoms with van der Waals surface area (Å²) in [5, 5.41) is 8.35. The average molecular weight is 630 g/mol. The molecule has 3 amide bonds. The number of hydrogen-bond donors (Lipinski definition) is 3. The third-order valence-corrected chi connectivity index (χ3v) is 8.93. The van der Waals surface area contributed by atoms with Crippen LogP contribution >= 0.6 is 11.3 Å². The number of amides is 3. The molecule has 3 aromatic heterocycles. The van der Waals surface area contributed by atoms with Crippen LogP contribution in [0.4, 0.5) is 14.9 Å². The lowest BCUT2D eigenvalue weighted by molar-refractivity contribution is -0.126. The van der Waals surface area contributed by atoms with Gasteiger partial charge < -0.3 is 25.6 Å². The van der Waals surface area contributed by atoms with Crippen molar-refractivity contribution in [3.8, 4) is 22.1 Å². The molecule has 1 saturated heterocycles. The van der Waals surface area contributed by atoms with Crippen LogP contribution in [-0.2, 0) is 11.3 Å². The van der Waals surface area contributed by atoms with Gasteiger partial charge in [-0.25, -0.2) is 9.18 Å². The number of halogens is 1. The van der Waals surface area contributed by atoms with Crippen molar-refractivity contribution in [1.82, 2.24) is 30.4 Å². The number of carbonyl (C=O) groups is 2. The number of hydrogen-bond acceptors (Lipinski definition) is 8. The number of thiophene rings is 1. The number of likely N-dealkylation sites (tertiary alicyclic amines) is 1. The molecule has 3 N–H and O–H groups in total. The molecule has 45 heavy (non-hydrogen) atoms. The standard InChI is InChI=1S/C33H36FN7O3S/c1-40(2)16-13-36-32(42)22-10-14-41(15-11-22)20-21-3-7-26(37-19-21)30-18-27-31(45-30)29(9-12-35-27)44-28-8-6-24(17-25(28)34)39-33(43)38-23-4-5-23/h3-4,6-9,12,17-19,22H,5,10-11,13-16,20H2,1-2H3,(H,36,42)(H2,38,39,43). The second-order valence-corrected chi connectivity index (χ2v) is 12.6. The van der Waals surface area contributed by atoms with E-state index in [2.05, 4.69) is 36.8 Å². The molecule has 4 heterocycles. The van der Waals surface area contributed by atoms with Gasteiger partial charge in [0, 0.05) is 67.9 Å². The molecule has 234 valence electrons. The monoisotopic (exact) mass is 629 g/mol. The van der Waals surface area contributed by atoms with Crippen LogP contribution in [0, 0.1) is 11.7 Å². The van der Waals surface area contributed by atoms with E-state index in [0.29, 0.717) is 18.0 Å². The predicted molar refractivity (Wildman–Crippen MR) is 174 cm³/mol. The second kappa shape index (κ2) is 13.7. The summed E-state index contributed by atoms with van der Waals surface area (Å²) in [6.07, 6.45) is 7.90. The lowest BCUT2D eigenvalue weighted by atomic mass is 9.95. The molecule has 10 nitrogen and oxygen atoms in total. The highest BCUT2D eigenvalue weighted by Crippen LogP contribution is 2.39. The van der Waals surface area contributed by atoms with Gasteiger partial charge in [-0.15, -0.1) is 11.3 Å². The van der Waals surface area contributed by atoms with Gasteiger partial charge in [-0.2, -0.15) is 0 Å². The summed E-state index contributed by atoms with van der Waals surface area (Å²) in [5.41, 5.74) is 3.85. The van der Waals surface area contributed by atoms with Gasteiger partial charge in [0.05, 0.1) is 20.8 Å². The average Bonchev–Trinajstić information content (AvgIpc) is 3.72. The summed E-state index contributed by atoms with van der Waals surface area (Å²) in [6, 6.07) is 11.7. The molecule has 0 unspecified atom stereocenters. The highest BCUT2D eigenvalue weighted by Gasteiger charge is 2.25. The maximum Gasteiger partial charge on any atom is 0.323 e. The van der Waals surface area contributed by atoms with E-state index in [0.717, 1.165) is 77.5 Å². The summed E-state index contributed by atoms with van der Waals surface area (Å²) in [7, 11) is 4.00. The van der Waals surface area contributed by atoms with Crippen LogP contribution in [0.3, 0.4) is 0 Å². The zero-order chi connectivity index (χ0) is 31.3. The number of carbonyl (C=O) groups excluding carboxylic acids is 2. The lowest BCUT2D eigenvalue weighted by Crippen LogP contribution is -2.41. The van der Waals surface area contributed by atoms with E-state index in [9.17, 15) is 14.0 Å². The van der Waals surface area contributed by atoms with Crippen LogP contribution in [0.25, 0.3) is 20.8 Å².